The molecule has 0 aliphatic carbocycles. The number of hydrogen-bond donors (Lipinski definition) is 0. The molecule has 0 bridgehead atoms. The topological polar surface area (TPSA) is 73.8 Å². The van der Waals surface area contributed by atoms with Crippen LogP contribution in [-0.4, -0.2) is 74.6 Å². The number of amides is 1. The van der Waals surface area contributed by atoms with Crippen molar-refractivity contribution in [2.45, 2.75) is 32.2 Å². The maximum absolute atomic E-state index is 13.0. The molecule has 0 radical (unpaired) electrons. The Morgan fingerprint density at radius 2 is 1.81 bits per heavy atom. The SMILES string of the molecule is Cc1ccccc1N(CC(=O)N(C)C1CCN(CCc2ccccn2)CC1)S(C)(=O)=O. The van der Waals surface area contributed by atoms with Crippen LogP contribution in [0, 0.1) is 6.92 Å². The molecule has 1 amide bonds. The minimum atomic E-state index is -3.57. The Hall–Kier alpha value is -2.45. The Labute approximate surface area is 185 Å². The van der Waals surface area contributed by atoms with E-state index >= 15 is 0 Å². The van der Waals surface area contributed by atoms with Crippen LogP contribution in [0.5, 0.6) is 0 Å². The smallest absolute Gasteiger partial charge is 0.243 e. The van der Waals surface area contributed by atoms with Gasteiger partial charge in [-0.15, -0.1) is 0 Å². The van der Waals surface area contributed by atoms with Gasteiger partial charge in [0, 0.05) is 51.0 Å². The number of nitrogens with zero attached hydrogens (tertiary/aromatic N) is 4. The minimum Gasteiger partial charge on any atom is -0.341 e. The van der Waals surface area contributed by atoms with Crippen LogP contribution >= 0.6 is 0 Å². The minimum absolute atomic E-state index is 0.122. The Bertz CT molecular complexity index is 973. The number of pyridine rings is 1. The molecule has 2 heterocycles. The second-order valence-electron chi connectivity index (χ2n) is 8.20. The summed E-state index contributed by atoms with van der Waals surface area (Å²) in [7, 11) is -1.78. The molecule has 1 fully saturated rings. The first-order valence-corrected chi connectivity index (χ1v) is 12.5. The van der Waals surface area contributed by atoms with Gasteiger partial charge in [0.25, 0.3) is 0 Å². The molecule has 168 valence electrons. The predicted octanol–water partition coefficient (Wildman–Crippen LogP) is 2.32. The van der Waals surface area contributed by atoms with Crippen molar-refractivity contribution in [1.82, 2.24) is 14.8 Å². The number of hydrogen-bond acceptors (Lipinski definition) is 5. The van der Waals surface area contributed by atoms with Crippen molar-refractivity contribution in [3.8, 4) is 0 Å². The summed E-state index contributed by atoms with van der Waals surface area (Å²) in [5.74, 6) is -0.180. The molecule has 7 nitrogen and oxygen atoms in total. The Balaban J connectivity index is 1.55. The second kappa shape index (κ2) is 10.2. The van der Waals surface area contributed by atoms with E-state index in [-0.39, 0.29) is 18.5 Å². The molecule has 31 heavy (non-hydrogen) atoms. The van der Waals surface area contributed by atoms with E-state index in [1.807, 2.05) is 43.5 Å². The number of sulfonamides is 1. The number of aromatic nitrogens is 1. The van der Waals surface area contributed by atoms with Crippen molar-refractivity contribution in [1.29, 1.82) is 0 Å². The fourth-order valence-electron chi connectivity index (χ4n) is 4.01. The van der Waals surface area contributed by atoms with Gasteiger partial charge in [-0.25, -0.2) is 8.42 Å². The molecule has 1 aliphatic heterocycles. The molecule has 1 aromatic carbocycles. The number of aryl methyl sites for hydroxylation is 1. The average Bonchev–Trinajstić information content (AvgIpc) is 2.76. The third kappa shape index (κ3) is 6.27. The maximum atomic E-state index is 13.0. The predicted molar refractivity (Wildman–Crippen MR) is 124 cm³/mol. The first kappa shape index (κ1) is 23.2. The zero-order valence-electron chi connectivity index (χ0n) is 18.6. The molecule has 3 rings (SSSR count). The van der Waals surface area contributed by atoms with E-state index in [4.69, 9.17) is 0 Å². The number of para-hydroxylation sites is 1. The van der Waals surface area contributed by atoms with E-state index in [0.29, 0.717) is 5.69 Å². The van der Waals surface area contributed by atoms with Gasteiger partial charge in [0.2, 0.25) is 15.9 Å². The van der Waals surface area contributed by atoms with E-state index in [1.165, 1.54) is 4.31 Å². The van der Waals surface area contributed by atoms with Crippen LogP contribution in [-0.2, 0) is 21.2 Å². The van der Waals surface area contributed by atoms with E-state index in [2.05, 4.69) is 9.88 Å². The van der Waals surface area contributed by atoms with E-state index in [9.17, 15) is 13.2 Å². The molecule has 1 aromatic heterocycles. The molecule has 1 aliphatic rings. The number of carbonyl (C=O) groups excluding carboxylic acids is 1. The highest BCUT2D eigenvalue weighted by molar-refractivity contribution is 7.92. The Morgan fingerprint density at radius 1 is 1.13 bits per heavy atom. The monoisotopic (exact) mass is 444 g/mol. The maximum Gasteiger partial charge on any atom is 0.243 e. The molecule has 8 heteroatoms. The fourth-order valence-corrected chi connectivity index (χ4v) is 4.92. The highest BCUT2D eigenvalue weighted by Crippen LogP contribution is 2.23. The molecule has 0 saturated carbocycles. The Kier molecular flexibility index (Phi) is 7.67. The van der Waals surface area contributed by atoms with Crippen LogP contribution in [0.2, 0.25) is 0 Å². The first-order valence-electron chi connectivity index (χ1n) is 10.7. The summed E-state index contributed by atoms with van der Waals surface area (Å²) < 4.78 is 26.0. The van der Waals surface area contributed by atoms with Gasteiger partial charge in [0.05, 0.1) is 11.9 Å². The normalized spacial score (nSPS) is 15.6. The van der Waals surface area contributed by atoms with Gasteiger partial charge < -0.3 is 9.80 Å². The third-order valence-electron chi connectivity index (χ3n) is 5.97. The molecule has 0 N–H and O–H groups in total. The molecule has 0 spiro atoms. The van der Waals surface area contributed by atoms with Gasteiger partial charge in [-0.3, -0.25) is 14.1 Å². The van der Waals surface area contributed by atoms with Gasteiger partial charge in [-0.05, 0) is 43.5 Å². The van der Waals surface area contributed by atoms with Crippen LogP contribution in [0.4, 0.5) is 5.69 Å². The van der Waals surface area contributed by atoms with Gasteiger partial charge >= 0.3 is 0 Å². The van der Waals surface area contributed by atoms with Crippen molar-refractivity contribution in [2.75, 3.05) is 43.8 Å². The number of likely N-dealkylation sites (N-methyl/N-ethyl adjacent to an activating group) is 1. The Morgan fingerprint density at radius 3 is 2.42 bits per heavy atom. The quantitative estimate of drug-likeness (QED) is 0.625. The number of anilines is 1. The van der Waals surface area contributed by atoms with Crippen LogP contribution in [0.1, 0.15) is 24.1 Å². The zero-order chi connectivity index (χ0) is 22.4. The molecular weight excluding hydrogens is 412 g/mol. The summed E-state index contributed by atoms with van der Waals surface area (Å²) in [4.78, 5) is 21.5. The van der Waals surface area contributed by atoms with Gasteiger partial charge in [0.1, 0.15) is 6.54 Å². The zero-order valence-corrected chi connectivity index (χ0v) is 19.4. The summed E-state index contributed by atoms with van der Waals surface area (Å²) in [6.45, 7) is 4.46. The first-order chi connectivity index (χ1) is 14.8. The van der Waals surface area contributed by atoms with E-state index < -0.39 is 10.0 Å². The number of benzene rings is 1. The highest BCUT2D eigenvalue weighted by Gasteiger charge is 2.29. The van der Waals surface area contributed by atoms with Crippen LogP contribution in [0.15, 0.2) is 48.7 Å². The van der Waals surface area contributed by atoms with Crippen molar-refractivity contribution in [2.24, 2.45) is 0 Å². The van der Waals surface area contributed by atoms with E-state index in [1.54, 1.807) is 24.1 Å². The standard InChI is InChI=1S/C23H32N4O3S/c1-19-8-4-5-10-22(19)27(31(3,29)30)18-23(28)25(2)21-12-16-26(17-13-21)15-11-20-9-6-7-14-24-20/h4-10,14,21H,11-13,15-18H2,1-3H3. The van der Waals surface area contributed by atoms with Crippen LogP contribution in [0.3, 0.4) is 0 Å². The number of likely N-dealkylation sites (tertiary alicyclic amines) is 1. The lowest BCUT2D eigenvalue weighted by molar-refractivity contribution is -0.131. The highest BCUT2D eigenvalue weighted by atomic mass is 32.2. The van der Waals surface area contributed by atoms with Gasteiger partial charge in [-0.2, -0.15) is 0 Å². The molecule has 1 saturated heterocycles. The lowest BCUT2D eigenvalue weighted by Crippen LogP contribution is -2.49. The van der Waals surface area contributed by atoms with Crippen molar-refractivity contribution < 1.29 is 13.2 Å². The summed E-state index contributed by atoms with van der Waals surface area (Å²) in [5, 5.41) is 0. The summed E-state index contributed by atoms with van der Waals surface area (Å²) in [6, 6.07) is 13.3. The largest absolute Gasteiger partial charge is 0.341 e. The van der Waals surface area contributed by atoms with Crippen LogP contribution in [0.25, 0.3) is 0 Å². The number of piperidine rings is 1. The van der Waals surface area contributed by atoms with Crippen molar-refractivity contribution in [3.63, 3.8) is 0 Å². The third-order valence-corrected chi connectivity index (χ3v) is 7.10. The summed E-state index contributed by atoms with van der Waals surface area (Å²) in [5.41, 5.74) is 2.47. The van der Waals surface area contributed by atoms with E-state index in [0.717, 1.165) is 56.4 Å². The fraction of sp³-hybridized carbons (Fsp3) is 0.478. The summed E-state index contributed by atoms with van der Waals surface area (Å²) in [6.07, 6.45) is 5.65. The summed E-state index contributed by atoms with van der Waals surface area (Å²) >= 11 is 0. The van der Waals surface area contributed by atoms with Crippen molar-refractivity contribution in [3.05, 3.63) is 59.9 Å². The molecule has 0 unspecified atom stereocenters. The second-order valence-corrected chi connectivity index (χ2v) is 10.1. The van der Waals surface area contributed by atoms with Crippen molar-refractivity contribution >= 4 is 21.6 Å². The van der Waals surface area contributed by atoms with Gasteiger partial charge in [0.15, 0.2) is 0 Å². The molecule has 0 atom stereocenters. The lowest BCUT2D eigenvalue weighted by atomic mass is 10.0. The molecule has 2 aromatic rings. The average molecular weight is 445 g/mol. The number of rotatable bonds is 8. The van der Waals surface area contributed by atoms with Gasteiger partial charge in [-0.1, -0.05) is 24.3 Å². The lowest BCUT2D eigenvalue weighted by Gasteiger charge is -2.37. The molecular formula is C23H32N4O3S. The number of carbonyl (C=O) groups is 1. The van der Waals surface area contributed by atoms with Crippen LogP contribution < -0.4 is 4.31 Å².